The average Bonchev–Trinajstić information content (AvgIpc) is 3.03. The zero-order chi connectivity index (χ0) is 17.0. The topological polar surface area (TPSA) is 103 Å². The number of nitro groups is 1. The zero-order valence-corrected chi connectivity index (χ0v) is 12.5. The molecule has 8 nitrogen and oxygen atoms in total. The van der Waals surface area contributed by atoms with Crippen LogP contribution in [0, 0.1) is 10.1 Å². The number of ether oxygens (including phenoxy) is 1. The third-order valence-electron chi connectivity index (χ3n) is 2.97. The highest BCUT2D eigenvalue weighted by molar-refractivity contribution is 5.90. The Labute approximate surface area is 131 Å². The molecule has 2 aromatic rings. The maximum Gasteiger partial charge on any atom is 0.433 e. The summed E-state index contributed by atoms with van der Waals surface area (Å²) >= 11 is 0. The van der Waals surface area contributed by atoms with Gasteiger partial charge in [0.15, 0.2) is 0 Å². The molecule has 0 unspecified atom stereocenters. The Hall–Kier alpha value is -3.16. The summed E-state index contributed by atoms with van der Waals surface area (Å²) in [6.07, 6.45) is -1.16. The van der Waals surface area contributed by atoms with E-state index in [2.05, 4.69) is 0 Å². The molecule has 1 atom stereocenters. The number of furan rings is 1. The van der Waals surface area contributed by atoms with Gasteiger partial charge in [-0.25, -0.2) is 4.79 Å². The number of amides is 1. The summed E-state index contributed by atoms with van der Waals surface area (Å²) in [5, 5.41) is 10.6. The predicted molar refractivity (Wildman–Crippen MR) is 78.7 cm³/mol. The summed E-state index contributed by atoms with van der Waals surface area (Å²) in [5.41, 5.74) is 0.487. The molecule has 0 saturated heterocycles. The monoisotopic (exact) mass is 318 g/mol. The number of nitrogens with zero attached hydrogens (tertiary/aromatic N) is 2. The molecule has 120 valence electrons. The fourth-order valence-electron chi connectivity index (χ4n) is 1.82. The minimum atomic E-state index is -1.16. The van der Waals surface area contributed by atoms with Crippen molar-refractivity contribution in [3.05, 3.63) is 63.9 Å². The van der Waals surface area contributed by atoms with E-state index in [0.29, 0.717) is 5.56 Å². The van der Waals surface area contributed by atoms with Gasteiger partial charge in [0.25, 0.3) is 5.91 Å². The number of hydrogen-bond donors (Lipinski definition) is 0. The molecule has 1 aromatic heterocycles. The number of esters is 1. The van der Waals surface area contributed by atoms with E-state index in [1.165, 1.54) is 19.0 Å². The van der Waals surface area contributed by atoms with E-state index in [1.54, 1.807) is 30.3 Å². The van der Waals surface area contributed by atoms with E-state index in [0.717, 1.165) is 12.1 Å². The Kier molecular flexibility index (Phi) is 4.75. The fourth-order valence-corrected chi connectivity index (χ4v) is 1.82. The van der Waals surface area contributed by atoms with Gasteiger partial charge < -0.3 is 14.1 Å². The molecule has 0 bridgehead atoms. The van der Waals surface area contributed by atoms with E-state index >= 15 is 0 Å². The molecule has 0 fully saturated rings. The maximum atomic E-state index is 12.2. The van der Waals surface area contributed by atoms with Crippen LogP contribution in [-0.2, 0) is 9.53 Å². The van der Waals surface area contributed by atoms with Crippen molar-refractivity contribution in [2.75, 3.05) is 14.1 Å². The van der Waals surface area contributed by atoms with Crippen molar-refractivity contribution < 1.29 is 23.7 Å². The maximum absolute atomic E-state index is 12.2. The first-order valence-corrected chi connectivity index (χ1v) is 6.61. The van der Waals surface area contributed by atoms with E-state index in [4.69, 9.17) is 9.15 Å². The predicted octanol–water partition coefficient (Wildman–Crippen LogP) is 2.17. The minimum Gasteiger partial charge on any atom is -0.441 e. The van der Waals surface area contributed by atoms with Crippen LogP contribution in [0.2, 0.25) is 0 Å². The average molecular weight is 318 g/mol. The number of likely N-dealkylation sites (N-methyl/N-ethyl adjacent to an activating group) is 1. The van der Waals surface area contributed by atoms with Crippen molar-refractivity contribution in [2.24, 2.45) is 0 Å². The summed E-state index contributed by atoms with van der Waals surface area (Å²) in [4.78, 5) is 35.4. The highest BCUT2D eigenvalue weighted by Crippen LogP contribution is 2.23. The van der Waals surface area contributed by atoms with Crippen LogP contribution in [0.5, 0.6) is 0 Å². The van der Waals surface area contributed by atoms with E-state index in [9.17, 15) is 19.7 Å². The Morgan fingerprint density at radius 2 is 1.83 bits per heavy atom. The molecule has 1 amide bonds. The van der Waals surface area contributed by atoms with Gasteiger partial charge in [0, 0.05) is 19.7 Å². The van der Waals surface area contributed by atoms with Crippen molar-refractivity contribution >= 4 is 17.8 Å². The SMILES string of the molecule is CN(C)C(=O)[C@H](OC(=O)c1ccc([N+](=O)[O-])o1)c1ccccc1. The van der Waals surface area contributed by atoms with Crippen LogP contribution in [-0.4, -0.2) is 35.8 Å². The van der Waals surface area contributed by atoms with Gasteiger partial charge in [-0.3, -0.25) is 14.9 Å². The Morgan fingerprint density at radius 3 is 2.35 bits per heavy atom. The second kappa shape index (κ2) is 6.73. The normalized spacial score (nSPS) is 11.6. The quantitative estimate of drug-likeness (QED) is 0.475. The van der Waals surface area contributed by atoms with Gasteiger partial charge in [0.05, 0.1) is 6.07 Å². The first kappa shape index (κ1) is 16.2. The van der Waals surface area contributed by atoms with Crippen molar-refractivity contribution in [3.8, 4) is 0 Å². The summed E-state index contributed by atoms with van der Waals surface area (Å²) in [5.74, 6) is -2.32. The molecule has 23 heavy (non-hydrogen) atoms. The second-order valence-corrected chi connectivity index (χ2v) is 4.82. The fraction of sp³-hybridized carbons (Fsp3) is 0.200. The van der Waals surface area contributed by atoms with Gasteiger partial charge in [-0.1, -0.05) is 30.3 Å². The summed E-state index contributed by atoms with van der Waals surface area (Å²) in [7, 11) is 3.06. The molecule has 0 radical (unpaired) electrons. The van der Waals surface area contributed by atoms with Gasteiger partial charge in [-0.05, 0) is 6.07 Å². The van der Waals surface area contributed by atoms with Crippen molar-refractivity contribution in [2.45, 2.75) is 6.10 Å². The van der Waals surface area contributed by atoms with E-state index < -0.39 is 28.8 Å². The highest BCUT2D eigenvalue weighted by Gasteiger charge is 2.29. The lowest BCUT2D eigenvalue weighted by atomic mass is 10.1. The van der Waals surface area contributed by atoms with Gasteiger partial charge in [0.2, 0.25) is 11.9 Å². The lowest BCUT2D eigenvalue weighted by molar-refractivity contribution is -0.402. The molecular formula is C15H14N2O6. The van der Waals surface area contributed by atoms with Gasteiger partial charge in [-0.2, -0.15) is 0 Å². The lowest BCUT2D eigenvalue weighted by Crippen LogP contribution is -2.31. The molecule has 0 saturated carbocycles. The molecule has 0 N–H and O–H groups in total. The molecule has 8 heteroatoms. The molecule has 1 aromatic carbocycles. The summed E-state index contributed by atoms with van der Waals surface area (Å²) in [6, 6.07) is 10.6. The number of benzene rings is 1. The molecule has 1 heterocycles. The summed E-state index contributed by atoms with van der Waals surface area (Å²) < 4.78 is 9.98. The van der Waals surface area contributed by atoms with E-state index in [-0.39, 0.29) is 5.76 Å². The third kappa shape index (κ3) is 3.73. The Balaban J connectivity index is 2.25. The molecule has 0 spiro atoms. The van der Waals surface area contributed by atoms with Crippen LogP contribution in [0.15, 0.2) is 46.9 Å². The molecule has 0 aliphatic rings. The molecule has 0 aliphatic carbocycles. The van der Waals surface area contributed by atoms with Crippen LogP contribution in [0.1, 0.15) is 22.2 Å². The smallest absolute Gasteiger partial charge is 0.433 e. The van der Waals surface area contributed by atoms with Gasteiger partial charge in [-0.15, -0.1) is 0 Å². The number of carbonyl (C=O) groups excluding carboxylic acids is 2. The van der Waals surface area contributed by atoms with Crippen LogP contribution < -0.4 is 0 Å². The first-order chi connectivity index (χ1) is 10.9. The lowest BCUT2D eigenvalue weighted by Gasteiger charge is -2.20. The summed E-state index contributed by atoms with van der Waals surface area (Å²) in [6.45, 7) is 0. The first-order valence-electron chi connectivity index (χ1n) is 6.61. The van der Waals surface area contributed by atoms with Crippen molar-refractivity contribution in [1.82, 2.24) is 4.90 Å². The van der Waals surface area contributed by atoms with Crippen LogP contribution in [0.3, 0.4) is 0 Å². The van der Waals surface area contributed by atoms with Gasteiger partial charge >= 0.3 is 11.9 Å². The second-order valence-electron chi connectivity index (χ2n) is 4.82. The van der Waals surface area contributed by atoms with Crippen LogP contribution in [0.4, 0.5) is 5.88 Å². The molecule has 0 aliphatic heterocycles. The number of carbonyl (C=O) groups is 2. The van der Waals surface area contributed by atoms with Crippen molar-refractivity contribution in [3.63, 3.8) is 0 Å². The molecule has 2 rings (SSSR count). The highest BCUT2D eigenvalue weighted by atomic mass is 16.7. The van der Waals surface area contributed by atoms with Crippen LogP contribution >= 0.6 is 0 Å². The number of rotatable bonds is 5. The Morgan fingerprint density at radius 1 is 1.17 bits per heavy atom. The van der Waals surface area contributed by atoms with Gasteiger partial charge in [0.1, 0.15) is 4.92 Å². The molecular weight excluding hydrogens is 304 g/mol. The standard InChI is InChI=1S/C15H14N2O6/c1-16(2)14(18)13(10-6-4-3-5-7-10)23-15(19)11-8-9-12(22-11)17(20)21/h3-9,13H,1-2H3/t13-/m1/s1. The minimum absolute atomic E-state index is 0.343. The van der Waals surface area contributed by atoms with Crippen molar-refractivity contribution in [1.29, 1.82) is 0 Å². The zero-order valence-electron chi connectivity index (χ0n) is 12.5. The number of hydrogen-bond acceptors (Lipinski definition) is 6. The van der Waals surface area contributed by atoms with E-state index in [1.807, 2.05) is 0 Å². The largest absolute Gasteiger partial charge is 0.441 e. The van der Waals surface area contributed by atoms with Crippen LogP contribution in [0.25, 0.3) is 0 Å². The Bertz CT molecular complexity index is 723. The third-order valence-corrected chi connectivity index (χ3v) is 2.97.